The molecule has 0 aromatic heterocycles. The normalized spacial score (nSPS) is 26.5. The van der Waals surface area contributed by atoms with Gasteiger partial charge in [0.25, 0.3) is 0 Å². The first-order valence-corrected chi connectivity index (χ1v) is 6.59. The molecule has 15 heavy (non-hydrogen) atoms. The van der Waals surface area contributed by atoms with Gasteiger partial charge in [-0.2, -0.15) is 0 Å². The average molecular weight is 209 g/mol. The van der Waals surface area contributed by atoms with Crippen LogP contribution in [0, 0.1) is 11.8 Å². The molecule has 0 saturated heterocycles. The minimum Gasteiger partial charge on any atom is -0.317 e. The van der Waals surface area contributed by atoms with Crippen molar-refractivity contribution in [2.24, 2.45) is 11.8 Å². The van der Waals surface area contributed by atoms with Crippen molar-refractivity contribution in [1.82, 2.24) is 5.32 Å². The number of nitrogens with one attached hydrogen (secondary N) is 1. The van der Waals surface area contributed by atoms with E-state index in [0.717, 1.165) is 18.4 Å². The van der Waals surface area contributed by atoms with Gasteiger partial charge in [-0.3, -0.25) is 0 Å². The molecule has 88 valence electrons. The molecular formula is C14H27N. The first kappa shape index (κ1) is 12.8. The van der Waals surface area contributed by atoms with E-state index in [1.807, 2.05) is 0 Å². The summed E-state index contributed by atoms with van der Waals surface area (Å²) >= 11 is 0. The summed E-state index contributed by atoms with van der Waals surface area (Å²) in [6, 6.07) is 0. The lowest BCUT2D eigenvalue weighted by atomic mass is 9.76. The monoisotopic (exact) mass is 209 g/mol. The Bertz CT molecular complexity index is 186. The lowest BCUT2D eigenvalue weighted by Gasteiger charge is -2.32. The van der Waals surface area contributed by atoms with E-state index < -0.39 is 0 Å². The zero-order chi connectivity index (χ0) is 11.1. The largest absolute Gasteiger partial charge is 0.317 e. The van der Waals surface area contributed by atoms with Crippen molar-refractivity contribution >= 4 is 0 Å². The maximum absolute atomic E-state index is 4.01. The lowest BCUT2D eigenvalue weighted by Crippen LogP contribution is -2.30. The summed E-state index contributed by atoms with van der Waals surface area (Å²) in [6.07, 6.45) is 8.37. The third-order valence-electron chi connectivity index (χ3n) is 3.66. The van der Waals surface area contributed by atoms with Crippen LogP contribution in [0.3, 0.4) is 0 Å². The van der Waals surface area contributed by atoms with Crippen molar-refractivity contribution in [3.05, 3.63) is 12.2 Å². The fraction of sp³-hybridized carbons (Fsp3) is 0.857. The first-order chi connectivity index (χ1) is 7.24. The van der Waals surface area contributed by atoms with Crippen LogP contribution in [-0.2, 0) is 0 Å². The van der Waals surface area contributed by atoms with E-state index in [1.165, 1.54) is 50.6 Å². The van der Waals surface area contributed by atoms with Crippen LogP contribution in [-0.4, -0.2) is 13.1 Å². The molecule has 1 saturated carbocycles. The summed E-state index contributed by atoms with van der Waals surface area (Å²) in [6.45, 7) is 10.7. The molecule has 1 heteroatoms. The molecule has 0 radical (unpaired) electrons. The van der Waals surface area contributed by atoms with Gasteiger partial charge in [0, 0.05) is 0 Å². The molecule has 1 fully saturated rings. The Morgan fingerprint density at radius 2 is 1.93 bits per heavy atom. The van der Waals surface area contributed by atoms with E-state index in [4.69, 9.17) is 0 Å². The summed E-state index contributed by atoms with van der Waals surface area (Å²) in [5, 5.41) is 3.51. The molecule has 1 rings (SSSR count). The van der Waals surface area contributed by atoms with Crippen molar-refractivity contribution in [3.63, 3.8) is 0 Å². The van der Waals surface area contributed by atoms with Gasteiger partial charge >= 0.3 is 0 Å². The van der Waals surface area contributed by atoms with Crippen molar-refractivity contribution in [3.8, 4) is 0 Å². The molecule has 0 aliphatic heterocycles. The quantitative estimate of drug-likeness (QED) is 0.657. The summed E-state index contributed by atoms with van der Waals surface area (Å²) in [7, 11) is 0. The number of rotatable bonds is 6. The molecule has 0 aromatic rings. The number of allylic oxidation sites excluding steroid dienone is 1. The van der Waals surface area contributed by atoms with Crippen LogP contribution in [0.25, 0.3) is 0 Å². The molecule has 2 atom stereocenters. The van der Waals surface area contributed by atoms with Gasteiger partial charge in [0.2, 0.25) is 0 Å². The third kappa shape index (κ3) is 4.83. The summed E-state index contributed by atoms with van der Waals surface area (Å²) in [4.78, 5) is 0. The molecule has 0 heterocycles. The SMILES string of the molecule is C=C(C)CCC1CCCCC1CNCC. The zero-order valence-electron chi connectivity index (χ0n) is 10.5. The van der Waals surface area contributed by atoms with Gasteiger partial charge < -0.3 is 5.32 Å². The predicted molar refractivity (Wildman–Crippen MR) is 68.0 cm³/mol. The topological polar surface area (TPSA) is 12.0 Å². The molecule has 2 unspecified atom stereocenters. The highest BCUT2D eigenvalue weighted by Gasteiger charge is 2.23. The second-order valence-electron chi connectivity index (χ2n) is 5.11. The van der Waals surface area contributed by atoms with Crippen LogP contribution in [0.1, 0.15) is 52.4 Å². The molecule has 0 bridgehead atoms. The van der Waals surface area contributed by atoms with Gasteiger partial charge in [-0.15, -0.1) is 6.58 Å². The second-order valence-corrected chi connectivity index (χ2v) is 5.11. The van der Waals surface area contributed by atoms with Gasteiger partial charge in [-0.1, -0.05) is 31.8 Å². The first-order valence-electron chi connectivity index (χ1n) is 6.59. The van der Waals surface area contributed by atoms with E-state index in [0.29, 0.717) is 0 Å². The standard InChI is InChI=1S/C14H27N/c1-4-15-11-14-8-6-5-7-13(14)10-9-12(2)3/h13-15H,2,4-11H2,1,3H3. The lowest BCUT2D eigenvalue weighted by molar-refractivity contribution is 0.219. The van der Waals surface area contributed by atoms with Crippen LogP contribution in [0.4, 0.5) is 0 Å². The fourth-order valence-electron chi connectivity index (χ4n) is 2.69. The molecule has 1 N–H and O–H groups in total. The summed E-state index contributed by atoms with van der Waals surface area (Å²) in [5.41, 5.74) is 1.35. The summed E-state index contributed by atoms with van der Waals surface area (Å²) in [5.74, 6) is 1.88. The maximum atomic E-state index is 4.01. The predicted octanol–water partition coefficient (Wildman–Crippen LogP) is 3.76. The maximum Gasteiger partial charge on any atom is -0.00180 e. The van der Waals surface area contributed by atoms with E-state index in [9.17, 15) is 0 Å². The third-order valence-corrected chi connectivity index (χ3v) is 3.66. The highest BCUT2D eigenvalue weighted by Crippen LogP contribution is 2.33. The average Bonchev–Trinajstić information content (AvgIpc) is 2.24. The van der Waals surface area contributed by atoms with Crippen LogP contribution in [0.15, 0.2) is 12.2 Å². The molecule has 1 aliphatic carbocycles. The van der Waals surface area contributed by atoms with E-state index in [1.54, 1.807) is 0 Å². The van der Waals surface area contributed by atoms with E-state index in [2.05, 4.69) is 25.7 Å². The van der Waals surface area contributed by atoms with Crippen molar-refractivity contribution in [2.75, 3.05) is 13.1 Å². The Balaban J connectivity index is 2.32. The van der Waals surface area contributed by atoms with Gasteiger partial charge in [0.15, 0.2) is 0 Å². The van der Waals surface area contributed by atoms with Gasteiger partial charge in [0.05, 0.1) is 0 Å². The Morgan fingerprint density at radius 1 is 1.27 bits per heavy atom. The van der Waals surface area contributed by atoms with Gasteiger partial charge in [-0.25, -0.2) is 0 Å². The molecular weight excluding hydrogens is 182 g/mol. The van der Waals surface area contributed by atoms with Gasteiger partial charge in [0.1, 0.15) is 0 Å². The Morgan fingerprint density at radius 3 is 2.53 bits per heavy atom. The minimum atomic E-state index is 0.929. The summed E-state index contributed by atoms with van der Waals surface area (Å²) < 4.78 is 0. The smallest absolute Gasteiger partial charge is 0.00180 e. The molecule has 1 aliphatic rings. The Kier molecular flexibility index (Phi) is 6.00. The number of hydrogen-bond donors (Lipinski definition) is 1. The Labute approximate surface area is 95.3 Å². The van der Waals surface area contributed by atoms with Crippen molar-refractivity contribution in [2.45, 2.75) is 52.4 Å². The highest BCUT2D eigenvalue weighted by atomic mass is 14.8. The minimum absolute atomic E-state index is 0.929. The second kappa shape index (κ2) is 7.05. The van der Waals surface area contributed by atoms with Crippen molar-refractivity contribution < 1.29 is 0 Å². The molecule has 0 amide bonds. The van der Waals surface area contributed by atoms with E-state index >= 15 is 0 Å². The fourth-order valence-corrected chi connectivity index (χ4v) is 2.69. The molecule has 0 spiro atoms. The van der Waals surface area contributed by atoms with Crippen molar-refractivity contribution in [1.29, 1.82) is 0 Å². The van der Waals surface area contributed by atoms with Crippen LogP contribution in [0.5, 0.6) is 0 Å². The van der Waals surface area contributed by atoms with Crippen LogP contribution in [0.2, 0.25) is 0 Å². The van der Waals surface area contributed by atoms with E-state index in [-0.39, 0.29) is 0 Å². The zero-order valence-corrected chi connectivity index (χ0v) is 10.5. The number of hydrogen-bond acceptors (Lipinski definition) is 1. The molecule has 0 aromatic carbocycles. The van der Waals surface area contributed by atoms with Gasteiger partial charge in [-0.05, 0) is 51.1 Å². The Hall–Kier alpha value is -0.300. The van der Waals surface area contributed by atoms with Crippen LogP contribution >= 0.6 is 0 Å². The van der Waals surface area contributed by atoms with Crippen LogP contribution < -0.4 is 5.32 Å². The highest BCUT2D eigenvalue weighted by molar-refractivity contribution is 4.89. The molecule has 1 nitrogen and oxygen atoms in total.